The summed E-state index contributed by atoms with van der Waals surface area (Å²) in [7, 11) is 0. The topological polar surface area (TPSA) is 69.7 Å². The second-order valence-corrected chi connectivity index (χ2v) is 14.3. The summed E-state index contributed by atoms with van der Waals surface area (Å²) in [6.45, 7) is 0.514. The molecule has 0 amide bonds. The van der Waals surface area contributed by atoms with Gasteiger partial charge < -0.3 is 15.2 Å². The Morgan fingerprint density at radius 3 is 1.98 bits per heavy atom. The van der Waals surface area contributed by atoms with Crippen molar-refractivity contribution in [1.29, 1.82) is 0 Å². The van der Waals surface area contributed by atoms with E-state index in [4.69, 9.17) is 20.2 Å². The molecule has 1 aliphatic heterocycles. The summed E-state index contributed by atoms with van der Waals surface area (Å²) in [4.78, 5) is 9.51. The molecule has 0 unspecified atom stereocenters. The van der Waals surface area contributed by atoms with Crippen LogP contribution in [0.3, 0.4) is 0 Å². The average molecular weight is 736 g/mol. The minimum Gasteiger partial charge on any atom is -0.449 e. The number of pyridine rings is 1. The number of nitrogens with zero attached hydrogens (tertiary/aromatic N) is 2. The normalized spacial score (nSPS) is 13.7. The van der Waals surface area contributed by atoms with E-state index in [0.29, 0.717) is 35.2 Å². The largest absolute Gasteiger partial charge is 0.449 e. The van der Waals surface area contributed by atoms with Gasteiger partial charge in [0.15, 0.2) is 23.0 Å². The number of benzene rings is 7. The Kier molecular flexibility index (Phi) is 8.53. The van der Waals surface area contributed by atoms with Gasteiger partial charge in [-0.15, -0.1) is 0 Å². The zero-order valence-corrected chi connectivity index (χ0v) is 31.0. The van der Waals surface area contributed by atoms with Gasteiger partial charge in [0.2, 0.25) is 0 Å². The molecule has 0 bridgehead atoms. The Morgan fingerprint density at radius 1 is 0.579 bits per heavy atom. The van der Waals surface area contributed by atoms with Gasteiger partial charge in [0.1, 0.15) is 0 Å². The first-order chi connectivity index (χ1) is 28.2. The fourth-order valence-corrected chi connectivity index (χ4v) is 8.38. The third-order valence-electron chi connectivity index (χ3n) is 10.9. The number of hydrogen-bond acceptors (Lipinski definition) is 5. The lowest BCUT2D eigenvalue weighted by Crippen LogP contribution is -2.28. The molecule has 0 saturated carbocycles. The van der Waals surface area contributed by atoms with E-state index in [1.165, 1.54) is 16.7 Å². The molecule has 57 heavy (non-hydrogen) atoms. The fraction of sp³-hybridized carbons (Fsp3) is 0.0385. The lowest BCUT2D eigenvalue weighted by Gasteiger charge is -2.34. The van der Waals surface area contributed by atoms with E-state index < -0.39 is 5.41 Å². The first kappa shape index (κ1) is 34.0. The first-order valence-electron chi connectivity index (χ1n) is 19.1. The Hall–Kier alpha value is -7.50. The number of hydrogen-bond donors (Lipinski definition) is 1. The molecule has 2 N–H and O–H groups in total. The minimum atomic E-state index is -0.536. The smallest absolute Gasteiger partial charge is 0.178 e. The van der Waals surface area contributed by atoms with Crippen molar-refractivity contribution >= 4 is 11.4 Å². The van der Waals surface area contributed by atoms with Crippen LogP contribution >= 0.6 is 0 Å². The average Bonchev–Trinajstić information content (AvgIpc) is 3.59. The van der Waals surface area contributed by atoms with Crippen molar-refractivity contribution in [3.05, 3.63) is 239 Å². The van der Waals surface area contributed by atoms with Crippen LogP contribution in [-0.2, 0) is 12.0 Å². The van der Waals surface area contributed by atoms with Crippen molar-refractivity contribution in [3.8, 4) is 45.3 Å². The van der Waals surface area contributed by atoms with Crippen LogP contribution in [0.5, 0.6) is 23.0 Å². The monoisotopic (exact) mass is 735 g/mol. The molecule has 7 aromatic carbocycles. The number of ether oxygens (including phenoxy) is 2. The molecule has 0 atom stereocenters. The van der Waals surface area contributed by atoms with Crippen molar-refractivity contribution < 1.29 is 9.47 Å². The van der Waals surface area contributed by atoms with E-state index in [0.717, 1.165) is 50.4 Å². The van der Waals surface area contributed by atoms with Crippen LogP contribution in [0.25, 0.3) is 28.0 Å². The molecule has 0 radical (unpaired) electrons. The first-order valence-corrected chi connectivity index (χ1v) is 19.1. The minimum absolute atomic E-state index is 0.514. The predicted molar refractivity (Wildman–Crippen MR) is 229 cm³/mol. The Labute approximate surface area is 332 Å². The molecule has 1 aliphatic carbocycles. The van der Waals surface area contributed by atoms with E-state index in [2.05, 4.69) is 132 Å². The summed E-state index contributed by atoms with van der Waals surface area (Å²) in [5.41, 5.74) is 19.1. The van der Waals surface area contributed by atoms with E-state index >= 15 is 0 Å². The molecule has 2 aliphatic rings. The number of nitrogens with two attached hydrogens (primary N) is 1. The Bertz CT molecular complexity index is 2780. The lowest BCUT2D eigenvalue weighted by molar-refractivity contribution is 0.361. The molecule has 2 heterocycles. The second-order valence-electron chi connectivity index (χ2n) is 14.3. The van der Waals surface area contributed by atoms with Crippen LogP contribution in [-0.4, -0.2) is 10.7 Å². The molecule has 0 fully saturated rings. The summed E-state index contributed by atoms with van der Waals surface area (Å²) < 4.78 is 13.8. The molecule has 272 valence electrons. The number of aliphatic imine (C=N–C) groups is 1. The van der Waals surface area contributed by atoms with Crippen molar-refractivity contribution in [2.45, 2.75) is 12.0 Å². The van der Waals surface area contributed by atoms with Crippen molar-refractivity contribution in [2.75, 3.05) is 0 Å². The molecule has 0 spiro atoms. The third-order valence-corrected chi connectivity index (χ3v) is 10.9. The highest BCUT2D eigenvalue weighted by Crippen LogP contribution is 2.62. The van der Waals surface area contributed by atoms with Crippen LogP contribution in [0.15, 0.2) is 205 Å². The molecule has 0 saturated heterocycles. The maximum atomic E-state index is 6.96. The fourth-order valence-electron chi connectivity index (χ4n) is 8.38. The highest BCUT2D eigenvalue weighted by atomic mass is 16.6. The van der Waals surface area contributed by atoms with E-state index in [1.807, 2.05) is 66.7 Å². The molecule has 5 nitrogen and oxygen atoms in total. The van der Waals surface area contributed by atoms with E-state index in [9.17, 15) is 0 Å². The number of aromatic nitrogens is 1. The van der Waals surface area contributed by atoms with Gasteiger partial charge in [-0.05, 0) is 80.9 Å². The Morgan fingerprint density at radius 2 is 1.23 bits per heavy atom. The van der Waals surface area contributed by atoms with Gasteiger partial charge in [-0.1, -0.05) is 158 Å². The van der Waals surface area contributed by atoms with Crippen LogP contribution in [0, 0.1) is 0 Å². The molecular formula is C52H37N3O2. The van der Waals surface area contributed by atoms with Crippen molar-refractivity contribution in [3.63, 3.8) is 0 Å². The van der Waals surface area contributed by atoms with E-state index in [1.54, 1.807) is 6.20 Å². The summed E-state index contributed by atoms with van der Waals surface area (Å²) in [5.74, 6) is 2.70. The van der Waals surface area contributed by atoms with Gasteiger partial charge in [0.05, 0.1) is 23.4 Å². The summed E-state index contributed by atoms with van der Waals surface area (Å²) in [5, 5.41) is 0. The zero-order valence-electron chi connectivity index (χ0n) is 31.0. The van der Waals surface area contributed by atoms with Gasteiger partial charge in [0.25, 0.3) is 0 Å². The SMILES string of the molecule is N/C(=C\C(=NCc1ccccc1)c1ccccn1)c1cccc(-c2cccc3c2Oc2ccc4c(c2O3)-c2ccccc2C4(c2ccccc2)c2ccccc2)c1. The van der Waals surface area contributed by atoms with Crippen molar-refractivity contribution in [1.82, 2.24) is 4.98 Å². The molecular weight excluding hydrogens is 699 g/mol. The number of rotatable bonds is 8. The van der Waals surface area contributed by atoms with Crippen LogP contribution < -0.4 is 15.2 Å². The maximum absolute atomic E-state index is 6.96. The molecule has 10 rings (SSSR count). The third kappa shape index (κ3) is 5.88. The second kappa shape index (κ2) is 14.3. The van der Waals surface area contributed by atoms with Gasteiger partial charge in [-0.2, -0.15) is 0 Å². The highest BCUT2D eigenvalue weighted by Gasteiger charge is 2.48. The summed E-state index contributed by atoms with van der Waals surface area (Å²) >= 11 is 0. The predicted octanol–water partition coefficient (Wildman–Crippen LogP) is 12.0. The molecule has 8 aromatic rings. The number of para-hydroxylation sites is 1. The van der Waals surface area contributed by atoms with E-state index in [-0.39, 0.29) is 0 Å². The van der Waals surface area contributed by atoms with Gasteiger partial charge >= 0.3 is 0 Å². The van der Waals surface area contributed by atoms with Crippen molar-refractivity contribution in [2.24, 2.45) is 10.7 Å². The summed E-state index contributed by atoms with van der Waals surface area (Å²) in [6.07, 6.45) is 3.68. The quantitative estimate of drug-likeness (QED) is 0.158. The van der Waals surface area contributed by atoms with Gasteiger partial charge in [-0.25, -0.2) is 0 Å². The maximum Gasteiger partial charge on any atom is 0.178 e. The Balaban J connectivity index is 1.04. The number of fused-ring (bicyclic) bond motifs is 6. The lowest BCUT2D eigenvalue weighted by atomic mass is 9.68. The number of allylic oxidation sites excluding steroid dienone is 1. The van der Waals surface area contributed by atoms with Crippen LogP contribution in [0.4, 0.5) is 0 Å². The molecule has 5 heteroatoms. The van der Waals surface area contributed by atoms with Crippen LogP contribution in [0.2, 0.25) is 0 Å². The molecule has 1 aromatic heterocycles. The van der Waals surface area contributed by atoms with Gasteiger partial charge in [0, 0.05) is 23.0 Å². The van der Waals surface area contributed by atoms with Gasteiger partial charge in [-0.3, -0.25) is 9.98 Å². The van der Waals surface area contributed by atoms with Crippen LogP contribution in [0.1, 0.15) is 39.1 Å². The highest BCUT2D eigenvalue weighted by molar-refractivity contribution is 6.11. The summed E-state index contributed by atoms with van der Waals surface area (Å²) in [6, 6.07) is 64.7. The standard InChI is InChI=1S/C52H37N3O2/c53-44(33-46(45-27-12-13-31-54-45)55-34-35-16-4-1-5-17-35)37-19-14-18-36(32-37)40-25-15-28-47-50(40)56-48-30-29-43-49(51(48)57-47)41-24-10-11-26-42(41)52(43,38-20-6-2-7-21-38)39-22-8-3-9-23-39/h1-33H,34,53H2/b44-33-,55-46?. The zero-order chi connectivity index (χ0) is 38.2.